The number of benzene rings is 1. The molecule has 0 saturated heterocycles. The van der Waals surface area contributed by atoms with Crippen molar-refractivity contribution in [2.45, 2.75) is 150 Å². The molecule has 0 amide bonds. The van der Waals surface area contributed by atoms with Crippen LogP contribution >= 0.6 is 0 Å². The summed E-state index contributed by atoms with van der Waals surface area (Å²) in [4.78, 5) is 22.6. The van der Waals surface area contributed by atoms with E-state index in [4.69, 9.17) is 9.84 Å². The van der Waals surface area contributed by atoms with E-state index in [9.17, 15) is 19.8 Å². The van der Waals surface area contributed by atoms with Gasteiger partial charge in [0.25, 0.3) is 0 Å². The minimum Gasteiger partial charge on any atom is -0.507 e. The van der Waals surface area contributed by atoms with E-state index in [0.717, 1.165) is 60.0 Å². The molecule has 234 valence electrons. The zero-order chi connectivity index (χ0) is 30.7. The standard InChI is InChI=1S/C34H57NO6/c1-22(2)11-8-12-23(3)13-9-14-24(4)15-10-19-34(7)20-18-27-28(31(38)25(5)26(6)32(27)41-34)21-35-29(33(39)40)16-17-30(36)37/h22-24,29,35,38H,8-21H2,1-7H3,(H,36,37)(H,39,40)/t23?,24?,29-,34?/m0/s1. The first kappa shape index (κ1) is 34.9. The van der Waals surface area contributed by atoms with Gasteiger partial charge in [-0.2, -0.15) is 0 Å². The van der Waals surface area contributed by atoms with Gasteiger partial charge in [-0.1, -0.05) is 72.6 Å². The van der Waals surface area contributed by atoms with Gasteiger partial charge in [-0.15, -0.1) is 0 Å². The molecule has 0 radical (unpaired) electrons. The Morgan fingerprint density at radius 2 is 1.49 bits per heavy atom. The van der Waals surface area contributed by atoms with Crippen LogP contribution in [0.2, 0.25) is 0 Å². The first-order valence-corrected chi connectivity index (χ1v) is 15.9. The highest BCUT2D eigenvalue weighted by Gasteiger charge is 2.35. The predicted molar refractivity (Wildman–Crippen MR) is 165 cm³/mol. The van der Waals surface area contributed by atoms with Crippen molar-refractivity contribution < 1.29 is 29.6 Å². The van der Waals surface area contributed by atoms with Crippen LogP contribution in [0.3, 0.4) is 0 Å². The fourth-order valence-electron chi connectivity index (χ4n) is 6.14. The first-order chi connectivity index (χ1) is 19.2. The number of aromatic hydroxyl groups is 1. The number of carboxylic acids is 2. The van der Waals surface area contributed by atoms with Crippen LogP contribution in [0.1, 0.15) is 134 Å². The van der Waals surface area contributed by atoms with Gasteiger partial charge in [-0.25, -0.2) is 0 Å². The molecule has 2 rings (SSSR count). The lowest BCUT2D eigenvalue weighted by Crippen LogP contribution is -2.39. The van der Waals surface area contributed by atoms with Gasteiger partial charge >= 0.3 is 11.9 Å². The Morgan fingerprint density at radius 1 is 0.902 bits per heavy atom. The highest BCUT2D eigenvalue weighted by Crippen LogP contribution is 2.45. The summed E-state index contributed by atoms with van der Waals surface area (Å²) in [6.07, 6.45) is 12.6. The summed E-state index contributed by atoms with van der Waals surface area (Å²) < 4.78 is 6.68. The number of hydrogen-bond acceptors (Lipinski definition) is 5. The zero-order valence-corrected chi connectivity index (χ0v) is 26.8. The van der Waals surface area contributed by atoms with Crippen LogP contribution in [0.4, 0.5) is 0 Å². The topological polar surface area (TPSA) is 116 Å². The number of phenols is 1. The predicted octanol–water partition coefficient (Wildman–Crippen LogP) is 7.94. The second kappa shape index (κ2) is 16.4. The third-order valence-corrected chi connectivity index (χ3v) is 9.18. The van der Waals surface area contributed by atoms with Crippen LogP contribution in [0.25, 0.3) is 0 Å². The maximum Gasteiger partial charge on any atom is 0.320 e. The summed E-state index contributed by atoms with van der Waals surface area (Å²) in [5.74, 6) is 1.17. The monoisotopic (exact) mass is 575 g/mol. The Labute approximate surface area is 248 Å². The van der Waals surface area contributed by atoms with E-state index in [1.54, 1.807) is 0 Å². The highest BCUT2D eigenvalue weighted by molar-refractivity contribution is 5.75. The number of hydrogen-bond donors (Lipinski definition) is 4. The molecule has 0 aliphatic carbocycles. The molecule has 4 N–H and O–H groups in total. The van der Waals surface area contributed by atoms with Crippen molar-refractivity contribution in [2.24, 2.45) is 17.8 Å². The van der Waals surface area contributed by atoms with Crippen molar-refractivity contribution in [2.75, 3.05) is 0 Å². The maximum atomic E-state index is 11.7. The van der Waals surface area contributed by atoms with E-state index in [1.165, 1.54) is 44.9 Å². The minimum atomic E-state index is -1.10. The fourth-order valence-corrected chi connectivity index (χ4v) is 6.14. The van der Waals surface area contributed by atoms with Gasteiger partial charge < -0.3 is 25.4 Å². The molecule has 0 bridgehead atoms. The number of ether oxygens (including phenoxy) is 1. The SMILES string of the molecule is Cc1c(C)c2c(c(CN[C@@H](CCC(=O)O)C(=O)O)c1O)CCC(C)(CCCC(C)CCCC(C)CCCC(C)C)O2. The lowest BCUT2D eigenvalue weighted by Gasteiger charge is -2.38. The van der Waals surface area contributed by atoms with Gasteiger partial charge in [0, 0.05) is 24.1 Å². The molecule has 1 aromatic rings. The van der Waals surface area contributed by atoms with Crippen molar-refractivity contribution in [3.05, 3.63) is 22.3 Å². The number of fused-ring (bicyclic) bond motifs is 1. The lowest BCUT2D eigenvalue weighted by molar-refractivity contribution is -0.140. The number of carboxylic acid groups (broad SMARTS) is 2. The van der Waals surface area contributed by atoms with Crippen molar-refractivity contribution in [3.8, 4) is 11.5 Å². The number of aliphatic carboxylic acids is 2. The van der Waals surface area contributed by atoms with Gasteiger partial charge in [0.1, 0.15) is 23.1 Å². The third kappa shape index (κ3) is 11.1. The highest BCUT2D eigenvalue weighted by atomic mass is 16.5. The Balaban J connectivity index is 1.94. The summed E-state index contributed by atoms with van der Waals surface area (Å²) in [6.45, 7) is 15.5. The normalized spacial score (nSPS) is 18.9. The number of rotatable bonds is 19. The molecule has 7 heteroatoms. The van der Waals surface area contributed by atoms with Crippen LogP contribution in [-0.4, -0.2) is 38.9 Å². The summed E-state index contributed by atoms with van der Waals surface area (Å²) in [6, 6.07) is -1.01. The van der Waals surface area contributed by atoms with Gasteiger partial charge in [-0.3, -0.25) is 9.59 Å². The quantitative estimate of drug-likeness (QED) is 0.132. The van der Waals surface area contributed by atoms with Crippen molar-refractivity contribution >= 4 is 11.9 Å². The molecule has 1 aliphatic rings. The number of nitrogens with one attached hydrogen (secondary N) is 1. The molecule has 1 aromatic carbocycles. The molecule has 41 heavy (non-hydrogen) atoms. The van der Waals surface area contributed by atoms with E-state index < -0.39 is 18.0 Å². The zero-order valence-electron chi connectivity index (χ0n) is 26.8. The average molecular weight is 576 g/mol. The molecular formula is C34H57NO6. The van der Waals surface area contributed by atoms with Crippen LogP contribution in [-0.2, 0) is 22.6 Å². The molecule has 7 nitrogen and oxygen atoms in total. The molecule has 3 unspecified atom stereocenters. The van der Waals surface area contributed by atoms with Gasteiger partial charge in [0.2, 0.25) is 0 Å². The molecule has 0 spiro atoms. The molecule has 1 heterocycles. The number of phenolic OH excluding ortho intramolecular Hbond substituents is 1. The van der Waals surface area contributed by atoms with Crippen LogP contribution in [0, 0.1) is 31.6 Å². The van der Waals surface area contributed by atoms with E-state index >= 15 is 0 Å². The van der Waals surface area contributed by atoms with Crippen LogP contribution in [0.15, 0.2) is 0 Å². The van der Waals surface area contributed by atoms with Gasteiger partial charge in [0.05, 0.1) is 0 Å². The fraction of sp³-hybridized carbons (Fsp3) is 0.765. The molecule has 1 aliphatic heterocycles. The summed E-state index contributed by atoms with van der Waals surface area (Å²) in [5.41, 5.74) is 2.95. The number of carbonyl (C=O) groups is 2. The Kier molecular flexibility index (Phi) is 14.0. The van der Waals surface area contributed by atoms with E-state index in [-0.39, 0.29) is 30.7 Å². The Hall–Kier alpha value is -2.28. The third-order valence-electron chi connectivity index (χ3n) is 9.18. The van der Waals surface area contributed by atoms with E-state index in [0.29, 0.717) is 11.5 Å². The van der Waals surface area contributed by atoms with Gasteiger partial charge in [-0.05, 0) is 81.8 Å². The summed E-state index contributed by atoms with van der Waals surface area (Å²) >= 11 is 0. The lowest BCUT2D eigenvalue weighted by atomic mass is 9.83. The van der Waals surface area contributed by atoms with Crippen LogP contribution < -0.4 is 10.1 Å². The summed E-state index contributed by atoms with van der Waals surface area (Å²) in [7, 11) is 0. The maximum absolute atomic E-state index is 11.7. The first-order valence-electron chi connectivity index (χ1n) is 15.9. The van der Waals surface area contributed by atoms with Crippen molar-refractivity contribution in [1.29, 1.82) is 0 Å². The second-order valence-electron chi connectivity index (χ2n) is 13.5. The van der Waals surface area contributed by atoms with Crippen LogP contribution in [0.5, 0.6) is 11.5 Å². The largest absolute Gasteiger partial charge is 0.507 e. The van der Waals surface area contributed by atoms with E-state index in [1.807, 2.05) is 13.8 Å². The summed E-state index contributed by atoms with van der Waals surface area (Å²) in [5, 5.41) is 32.4. The van der Waals surface area contributed by atoms with Crippen molar-refractivity contribution in [3.63, 3.8) is 0 Å². The molecular weight excluding hydrogens is 518 g/mol. The second-order valence-corrected chi connectivity index (χ2v) is 13.5. The molecule has 0 aromatic heterocycles. The smallest absolute Gasteiger partial charge is 0.320 e. The molecule has 0 saturated carbocycles. The molecule has 4 atom stereocenters. The Morgan fingerprint density at radius 3 is 2.05 bits per heavy atom. The molecule has 0 fully saturated rings. The van der Waals surface area contributed by atoms with Crippen molar-refractivity contribution in [1.82, 2.24) is 5.32 Å². The Bertz CT molecular complexity index is 1010. The van der Waals surface area contributed by atoms with Gasteiger partial charge in [0.15, 0.2) is 0 Å². The minimum absolute atomic E-state index is 0.0250. The van der Waals surface area contributed by atoms with E-state index in [2.05, 4.69) is 39.9 Å². The average Bonchev–Trinajstić information content (AvgIpc) is 2.88.